The van der Waals surface area contributed by atoms with Gasteiger partial charge in [-0.3, -0.25) is 9.59 Å². The van der Waals surface area contributed by atoms with Crippen LogP contribution in [0.4, 0.5) is 0 Å². The molecule has 140 valence electrons. The molecule has 5 fully saturated rings. The second-order valence-corrected chi connectivity index (χ2v) is 9.88. The van der Waals surface area contributed by atoms with Crippen LogP contribution in [0.1, 0.15) is 78.1 Å². The number of rotatable bonds is 5. The fourth-order valence-electron chi connectivity index (χ4n) is 6.58. The highest BCUT2D eigenvalue weighted by molar-refractivity contribution is 5.90. The second kappa shape index (κ2) is 6.59. The average molecular weight is 347 g/mol. The third-order valence-electron chi connectivity index (χ3n) is 7.46. The van der Waals surface area contributed by atoms with Gasteiger partial charge in [0, 0.05) is 11.5 Å². The zero-order chi connectivity index (χ0) is 17.6. The van der Waals surface area contributed by atoms with Gasteiger partial charge in [-0.05, 0) is 75.0 Å². The maximum Gasteiger partial charge on any atom is 0.243 e. The molecule has 5 aliphatic carbocycles. The van der Waals surface area contributed by atoms with Gasteiger partial charge >= 0.3 is 0 Å². The first-order chi connectivity index (χ1) is 11.9. The summed E-state index contributed by atoms with van der Waals surface area (Å²) in [6, 6.07) is -0.0775. The van der Waals surface area contributed by atoms with Crippen molar-refractivity contribution >= 4 is 11.8 Å². The first-order valence-electron chi connectivity index (χ1n) is 10.6. The van der Waals surface area contributed by atoms with Crippen LogP contribution in [0.3, 0.4) is 0 Å². The lowest BCUT2D eigenvalue weighted by Crippen LogP contribution is -2.59. The predicted molar refractivity (Wildman–Crippen MR) is 97.8 cm³/mol. The minimum atomic E-state index is -0.388. The van der Waals surface area contributed by atoms with Crippen LogP contribution in [-0.2, 0) is 9.59 Å². The SMILES string of the molecule is CC(C)[C@H](NC(=O)C12CC3CC(CC(C3)C1)C2)C(=O)NC1CCCC1. The summed E-state index contributed by atoms with van der Waals surface area (Å²) >= 11 is 0. The largest absolute Gasteiger partial charge is 0.352 e. The monoisotopic (exact) mass is 346 g/mol. The molecule has 0 aromatic heterocycles. The van der Waals surface area contributed by atoms with Gasteiger partial charge in [-0.15, -0.1) is 0 Å². The van der Waals surface area contributed by atoms with Gasteiger partial charge < -0.3 is 10.6 Å². The second-order valence-electron chi connectivity index (χ2n) is 9.88. The zero-order valence-corrected chi connectivity index (χ0v) is 15.9. The Morgan fingerprint density at radius 3 is 1.92 bits per heavy atom. The first-order valence-corrected chi connectivity index (χ1v) is 10.6. The minimum absolute atomic E-state index is 0.0278. The van der Waals surface area contributed by atoms with E-state index in [4.69, 9.17) is 0 Å². The Labute approximate surface area is 151 Å². The smallest absolute Gasteiger partial charge is 0.243 e. The summed E-state index contributed by atoms with van der Waals surface area (Å²) in [5.41, 5.74) is -0.171. The molecule has 25 heavy (non-hydrogen) atoms. The molecule has 0 aromatic carbocycles. The standard InChI is InChI=1S/C21H34N2O2/c1-13(2)18(19(24)22-17-5-3-4-6-17)23-20(25)21-10-14-7-15(11-21)9-16(8-14)12-21/h13-18H,3-12H2,1-2H3,(H,22,24)(H,23,25)/t14?,15?,16?,18-,21?/m0/s1. The average Bonchev–Trinajstić information content (AvgIpc) is 3.03. The number of carbonyl (C=O) groups excluding carboxylic acids is 2. The topological polar surface area (TPSA) is 58.2 Å². The maximum atomic E-state index is 13.3. The van der Waals surface area contributed by atoms with Crippen molar-refractivity contribution in [1.82, 2.24) is 10.6 Å². The Bertz CT molecular complexity index is 501. The lowest BCUT2D eigenvalue weighted by molar-refractivity contribution is -0.149. The summed E-state index contributed by atoms with van der Waals surface area (Å²) in [4.78, 5) is 26.0. The van der Waals surface area contributed by atoms with Crippen molar-refractivity contribution in [2.24, 2.45) is 29.1 Å². The van der Waals surface area contributed by atoms with Crippen LogP contribution in [-0.4, -0.2) is 23.9 Å². The highest BCUT2D eigenvalue weighted by atomic mass is 16.2. The molecule has 4 heteroatoms. The van der Waals surface area contributed by atoms with E-state index in [1.807, 2.05) is 13.8 Å². The number of nitrogens with one attached hydrogen (secondary N) is 2. The van der Waals surface area contributed by atoms with Crippen LogP contribution in [0.2, 0.25) is 0 Å². The fraction of sp³-hybridized carbons (Fsp3) is 0.905. The molecule has 0 radical (unpaired) electrons. The molecule has 0 heterocycles. The van der Waals surface area contributed by atoms with Crippen LogP contribution >= 0.6 is 0 Å². The number of carbonyl (C=O) groups is 2. The Morgan fingerprint density at radius 1 is 0.920 bits per heavy atom. The Balaban J connectivity index is 1.43. The summed E-state index contributed by atoms with van der Waals surface area (Å²) in [5.74, 6) is 2.58. The summed E-state index contributed by atoms with van der Waals surface area (Å²) in [7, 11) is 0. The number of hydrogen-bond acceptors (Lipinski definition) is 2. The first kappa shape index (κ1) is 17.4. The minimum Gasteiger partial charge on any atom is -0.352 e. The quantitative estimate of drug-likeness (QED) is 0.801. The molecule has 4 bridgehead atoms. The maximum absolute atomic E-state index is 13.3. The van der Waals surface area contributed by atoms with Gasteiger partial charge in [-0.25, -0.2) is 0 Å². The van der Waals surface area contributed by atoms with Crippen LogP contribution in [0.25, 0.3) is 0 Å². The Hall–Kier alpha value is -1.06. The van der Waals surface area contributed by atoms with Gasteiger partial charge in [0.2, 0.25) is 11.8 Å². The van der Waals surface area contributed by atoms with Crippen molar-refractivity contribution in [3.8, 4) is 0 Å². The number of amides is 2. The van der Waals surface area contributed by atoms with E-state index in [9.17, 15) is 9.59 Å². The normalized spacial score (nSPS) is 38.1. The molecular formula is C21H34N2O2. The molecule has 0 spiro atoms. The summed E-state index contributed by atoms with van der Waals surface area (Å²) in [6.45, 7) is 4.08. The third-order valence-corrected chi connectivity index (χ3v) is 7.46. The van der Waals surface area contributed by atoms with Crippen molar-refractivity contribution in [2.45, 2.75) is 90.1 Å². The Morgan fingerprint density at radius 2 is 1.44 bits per heavy atom. The molecule has 0 aromatic rings. The fourth-order valence-corrected chi connectivity index (χ4v) is 6.58. The zero-order valence-electron chi connectivity index (χ0n) is 15.9. The Kier molecular flexibility index (Phi) is 4.57. The molecule has 2 amide bonds. The van der Waals surface area contributed by atoms with E-state index in [1.165, 1.54) is 32.1 Å². The summed E-state index contributed by atoms with van der Waals surface area (Å²) in [5, 5.41) is 6.38. The molecule has 2 N–H and O–H groups in total. The highest BCUT2D eigenvalue weighted by Gasteiger charge is 2.55. The lowest BCUT2D eigenvalue weighted by Gasteiger charge is -2.55. The molecule has 5 aliphatic rings. The van der Waals surface area contributed by atoms with E-state index >= 15 is 0 Å². The highest BCUT2D eigenvalue weighted by Crippen LogP contribution is 2.60. The summed E-state index contributed by atoms with van der Waals surface area (Å²) in [6.07, 6.45) is 11.7. The third kappa shape index (κ3) is 3.33. The van der Waals surface area contributed by atoms with Gasteiger partial charge in [0.1, 0.15) is 6.04 Å². The molecule has 5 rings (SSSR count). The van der Waals surface area contributed by atoms with Gasteiger partial charge in [0.15, 0.2) is 0 Å². The van der Waals surface area contributed by atoms with Crippen molar-refractivity contribution in [2.75, 3.05) is 0 Å². The molecule has 0 saturated heterocycles. The van der Waals surface area contributed by atoms with Crippen LogP contribution in [0.5, 0.6) is 0 Å². The van der Waals surface area contributed by atoms with Crippen LogP contribution in [0, 0.1) is 29.1 Å². The molecule has 0 unspecified atom stereocenters. The molecule has 1 atom stereocenters. The van der Waals surface area contributed by atoms with E-state index in [0.29, 0.717) is 6.04 Å². The summed E-state index contributed by atoms with van der Waals surface area (Å²) < 4.78 is 0. The van der Waals surface area contributed by atoms with Crippen molar-refractivity contribution in [1.29, 1.82) is 0 Å². The van der Waals surface area contributed by atoms with Crippen LogP contribution in [0.15, 0.2) is 0 Å². The molecule has 4 nitrogen and oxygen atoms in total. The van der Waals surface area contributed by atoms with Crippen molar-refractivity contribution < 1.29 is 9.59 Å². The van der Waals surface area contributed by atoms with Gasteiger partial charge in [-0.2, -0.15) is 0 Å². The van der Waals surface area contributed by atoms with Gasteiger partial charge in [-0.1, -0.05) is 26.7 Å². The van der Waals surface area contributed by atoms with Crippen molar-refractivity contribution in [3.63, 3.8) is 0 Å². The van der Waals surface area contributed by atoms with Crippen LogP contribution < -0.4 is 10.6 Å². The van der Waals surface area contributed by atoms with E-state index in [0.717, 1.165) is 49.9 Å². The van der Waals surface area contributed by atoms with Crippen molar-refractivity contribution in [3.05, 3.63) is 0 Å². The molecular weight excluding hydrogens is 312 g/mol. The number of hydrogen-bond donors (Lipinski definition) is 2. The lowest BCUT2D eigenvalue weighted by atomic mass is 9.49. The van der Waals surface area contributed by atoms with Gasteiger partial charge in [0.25, 0.3) is 0 Å². The van der Waals surface area contributed by atoms with Gasteiger partial charge in [0.05, 0.1) is 0 Å². The van der Waals surface area contributed by atoms with E-state index < -0.39 is 0 Å². The van der Waals surface area contributed by atoms with E-state index in [-0.39, 0.29) is 29.2 Å². The van der Waals surface area contributed by atoms with E-state index in [2.05, 4.69) is 10.6 Å². The molecule has 0 aliphatic heterocycles. The predicted octanol–water partition coefficient (Wildman–Crippen LogP) is 3.40. The van der Waals surface area contributed by atoms with E-state index in [1.54, 1.807) is 0 Å². The molecule has 5 saturated carbocycles.